The van der Waals surface area contributed by atoms with Crippen molar-refractivity contribution in [3.63, 3.8) is 0 Å². The third-order valence-corrected chi connectivity index (χ3v) is 4.33. The van der Waals surface area contributed by atoms with Crippen molar-refractivity contribution in [1.29, 1.82) is 5.26 Å². The maximum atomic E-state index is 12.4. The third-order valence-electron chi connectivity index (χ3n) is 4.33. The van der Waals surface area contributed by atoms with Gasteiger partial charge in [-0.05, 0) is 38.3 Å². The molecule has 0 aliphatic carbocycles. The molecule has 0 bridgehead atoms. The van der Waals surface area contributed by atoms with Gasteiger partial charge in [-0.2, -0.15) is 5.26 Å². The number of hydrogen-bond acceptors (Lipinski definition) is 4. The molecule has 0 aromatic carbocycles. The molecule has 1 aromatic rings. The molecule has 1 saturated heterocycles. The van der Waals surface area contributed by atoms with E-state index in [9.17, 15) is 14.4 Å². The number of aromatic nitrogens is 1. The largest absolute Gasteiger partial charge is 0.353 e. The molecular formula is C16H20N4O3. The fourth-order valence-corrected chi connectivity index (χ4v) is 2.92. The molecule has 122 valence electrons. The van der Waals surface area contributed by atoms with E-state index in [1.54, 1.807) is 25.7 Å². The van der Waals surface area contributed by atoms with Gasteiger partial charge in [-0.3, -0.25) is 14.4 Å². The minimum atomic E-state index is -0.469. The molecule has 2 N–H and O–H groups in total. The second-order valence-corrected chi connectivity index (χ2v) is 5.72. The summed E-state index contributed by atoms with van der Waals surface area (Å²) < 4.78 is 0. The number of carbonyl (C=O) groups is 2. The van der Waals surface area contributed by atoms with Crippen LogP contribution in [0.2, 0.25) is 0 Å². The minimum absolute atomic E-state index is 0.0868. The van der Waals surface area contributed by atoms with Crippen molar-refractivity contribution in [2.45, 2.75) is 39.7 Å². The Balaban J connectivity index is 2.15. The van der Waals surface area contributed by atoms with Gasteiger partial charge in [0.25, 0.3) is 5.56 Å². The average molecular weight is 316 g/mol. The fourth-order valence-electron chi connectivity index (χ4n) is 2.92. The molecule has 1 aliphatic rings. The van der Waals surface area contributed by atoms with Gasteiger partial charge in [0, 0.05) is 25.2 Å². The number of rotatable bonds is 3. The maximum absolute atomic E-state index is 12.4. The minimum Gasteiger partial charge on any atom is -0.353 e. The quantitative estimate of drug-likeness (QED) is 0.827. The molecule has 1 fully saturated rings. The van der Waals surface area contributed by atoms with Crippen molar-refractivity contribution in [2.24, 2.45) is 0 Å². The first kappa shape index (κ1) is 16.7. The van der Waals surface area contributed by atoms with Crippen LogP contribution >= 0.6 is 0 Å². The van der Waals surface area contributed by atoms with Crippen molar-refractivity contribution in [2.75, 3.05) is 13.1 Å². The predicted octanol–water partition coefficient (Wildman–Crippen LogP) is 0.143. The Morgan fingerprint density at radius 3 is 2.74 bits per heavy atom. The van der Waals surface area contributed by atoms with E-state index in [0.717, 1.165) is 5.56 Å². The summed E-state index contributed by atoms with van der Waals surface area (Å²) in [6.07, 6.45) is 0.656. The molecule has 0 radical (unpaired) electrons. The molecule has 0 spiro atoms. The van der Waals surface area contributed by atoms with Crippen LogP contribution in [0.4, 0.5) is 0 Å². The van der Waals surface area contributed by atoms with Crippen molar-refractivity contribution >= 4 is 11.8 Å². The van der Waals surface area contributed by atoms with E-state index in [1.165, 1.54) is 0 Å². The van der Waals surface area contributed by atoms with Crippen LogP contribution in [0.3, 0.4) is 0 Å². The van der Waals surface area contributed by atoms with Gasteiger partial charge in [0.1, 0.15) is 17.7 Å². The lowest BCUT2D eigenvalue weighted by atomic mass is 9.98. The number of aromatic amines is 1. The summed E-state index contributed by atoms with van der Waals surface area (Å²) in [7, 11) is 0. The number of aryl methyl sites for hydroxylation is 1. The van der Waals surface area contributed by atoms with Gasteiger partial charge < -0.3 is 15.2 Å². The zero-order valence-corrected chi connectivity index (χ0v) is 13.5. The Bertz CT molecular complexity index is 745. The molecule has 23 heavy (non-hydrogen) atoms. The van der Waals surface area contributed by atoms with Crippen LogP contribution in [-0.2, 0) is 16.0 Å². The van der Waals surface area contributed by atoms with Crippen LogP contribution in [0.1, 0.15) is 35.7 Å². The molecule has 7 heteroatoms. The molecule has 2 heterocycles. The number of nitrogens with one attached hydrogen (secondary N) is 2. The molecule has 2 amide bonds. The smallest absolute Gasteiger partial charge is 0.266 e. The van der Waals surface area contributed by atoms with Crippen molar-refractivity contribution < 1.29 is 9.59 Å². The Morgan fingerprint density at radius 1 is 1.39 bits per heavy atom. The highest BCUT2D eigenvalue weighted by Crippen LogP contribution is 2.16. The monoisotopic (exact) mass is 316 g/mol. The van der Waals surface area contributed by atoms with E-state index in [0.29, 0.717) is 30.8 Å². The first-order valence-corrected chi connectivity index (χ1v) is 7.56. The maximum Gasteiger partial charge on any atom is 0.266 e. The summed E-state index contributed by atoms with van der Waals surface area (Å²) in [4.78, 5) is 39.9. The van der Waals surface area contributed by atoms with Gasteiger partial charge in [-0.25, -0.2) is 0 Å². The molecule has 7 nitrogen and oxygen atoms in total. The third kappa shape index (κ3) is 3.26. The van der Waals surface area contributed by atoms with Gasteiger partial charge in [0.05, 0.1) is 0 Å². The van der Waals surface area contributed by atoms with E-state index >= 15 is 0 Å². The van der Waals surface area contributed by atoms with E-state index in [2.05, 4.69) is 10.3 Å². The highest BCUT2D eigenvalue weighted by molar-refractivity contribution is 5.88. The fraction of sp³-hybridized carbons (Fsp3) is 0.500. The Hall–Kier alpha value is -2.62. The first-order valence-electron chi connectivity index (χ1n) is 7.56. The topological polar surface area (TPSA) is 106 Å². The van der Waals surface area contributed by atoms with Crippen LogP contribution < -0.4 is 10.9 Å². The first-order chi connectivity index (χ1) is 10.9. The number of carbonyl (C=O) groups excluding carboxylic acids is 2. The highest BCUT2D eigenvalue weighted by atomic mass is 16.2. The summed E-state index contributed by atoms with van der Waals surface area (Å²) in [6, 6.07) is 1.43. The van der Waals surface area contributed by atoms with Gasteiger partial charge >= 0.3 is 0 Å². The number of amides is 2. The second-order valence-electron chi connectivity index (χ2n) is 5.72. The Morgan fingerprint density at radius 2 is 2.09 bits per heavy atom. The van der Waals surface area contributed by atoms with E-state index in [-0.39, 0.29) is 23.8 Å². The highest BCUT2D eigenvalue weighted by Gasteiger charge is 2.29. The van der Waals surface area contributed by atoms with Crippen LogP contribution in [-0.4, -0.2) is 40.8 Å². The van der Waals surface area contributed by atoms with Gasteiger partial charge in [0.2, 0.25) is 11.8 Å². The normalized spacial score (nSPS) is 17.6. The lowest BCUT2D eigenvalue weighted by Crippen LogP contribution is -2.55. The number of H-pyrrole nitrogens is 1. The lowest BCUT2D eigenvalue weighted by Gasteiger charge is -2.33. The molecule has 2 rings (SSSR count). The molecule has 1 aromatic heterocycles. The Labute approximate surface area is 134 Å². The number of pyridine rings is 1. The summed E-state index contributed by atoms with van der Waals surface area (Å²) in [6.45, 7) is 6.14. The standard InChI is InChI=1S/C16H20N4O3/c1-9-12(10(2)19-16(23)13(9)8-17)4-5-14(21)20-7-6-18-15(22)11(20)3/h11H,4-7H2,1-3H3,(H,18,22)(H,19,23). The zero-order valence-electron chi connectivity index (χ0n) is 13.5. The second kappa shape index (κ2) is 6.65. The number of nitriles is 1. The van der Waals surface area contributed by atoms with Crippen molar-refractivity contribution in [3.05, 3.63) is 32.7 Å². The number of piperazine rings is 1. The summed E-state index contributed by atoms with van der Waals surface area (Å²) >= 11 is 0. The molecule has 1 atom stereocenters. The number of hydrogen-bond donors (Lipinski definition) is 2. The van der Waals surface area contributed by atoms with Gasteiger partial charge in [-0.1, -0.05) is 0 Å². The van der Waals surface area contributed by atoms with Gasteiger partial charge in [0.15, 0.2) is 0 Å². The molecule has 0 saturated carbocycles. The zero-order chi connectivity index (χ0) is 17.1. The lowest BCUT2D eigenvalue weighted by molar-refractivity contribution is -0.142. The molecule has 1 unspecified atom stereocenters. The SMILES string of the molecule is Cc1[nH]c(=O)c(C#N)c(C)c1CCC(=O)N1CCNC(=O)C1C. The van der Waals surface area contributed by atoms with Crippen LogP contribution in [0.25, 0.3) is 0 Å². The molecular weight excluding hydrogens is 296 g/mol. The van der Waals surface area contributed by atoms with Crippen molar-refractivity contribution in [1.82, 2.24) is 15.2 Å². The summed E-state index contributed by atoms with van der Waals surface area (Å²) in [5, 5.41) is 11.8. The summed E-state index contributed by atoms with van der Waals surface area (Å²) in [5.74, 6) is -0.247. The predicted molar refractivity (Wildman–Crippen MR) is 83.8 cm³/mol. The molecule has 1 aliphatic heterocycles. The van der Waals surface area contributed by atoms with Crippen LogP contribution in [0, 0.1) is 25.2 Å². The number of nitrogens with zero attached hydrogens (tertiary/aromatic N) is 2. The Kier molecular flexibility index (Phi) is 4.84. The van der Waals surface area contributed by atoms with Gasteiger partial charge in [-0.15, -0.1) is 0 Å². The van der Waals surface area contributed by atoms with E-state index < -0.39 is 11.6 Å². The van der Waals surface area contributed by atoms with E-state index in [4.69, 9.17) is 5.26 Å². The van der Waals surface area contributed by atoms with Crippen molar-refractivity contribution in [3.8, 4) is 6.07 Å². The van der Waals surface area contributed by atoms with Crippen LogP contribution in [0.15, 0.2) is 4.79 Å². The van der Waals surface area contributed by atoms with E-state index in [1.807, 2.05) is 6.07 Å². The van der Waals surface area contributed by atoms with Crippen LogP contribution in [0.5, 0.6) is 0 Å². The average Bonchev–Trinajstić information content (AvgIpc) is 2.49. The summed E-state index contributed by atoms with van der Waals surface area (Å²) in [5.41, 5.74) is 1.78.